The number of nitrogens with two attached hydrogens (primary N) is 2. The topological polar surface area (TPSA) is 168 Å². The van der Waals surface area contributed by atoms with Crippen molar-refractivity contribution in [2.45, 2.75) is 18.9 Å². The number of amides is 2. The van der Waals surface area contributed by atoms with E-state index in [0.717, 1.165) is 0 Å². The number of primary amides is 1. The van der Waals surface area contributed by atoms with Crippen LogP contribution in [0.15, 0.2) is 59.7 Å². The highest BCUT2D eigenvalue weighted by Crippen LogP contribution is 2.41. The fourth-order valence-corrected chi connectivity index (χ4v) is 4.48. The Bertz CT molecular complexity index is 1460. The van der Waals surface area contributed by atoms with Crippen LogP contribution in [0.4, 0.5) is 15.8 Å². The number of methoxy groups -OCH3 is 1. The molecule has 208 valence electrons. The van der Waals surface area contributed by atoms with Crippen LogP contribution < -0.4 is 36.6 Å². The lowest BCUT2D eigenvalue weighted by Gasteiger charge is -2.28. The molecule has 11 nitrogen and oxygen atoms in total. The van der Waals surface area contributed by atoms with Crippen LogP contribution in [0.25, 0.3) is 0 Å². The molecule has 1 aliphatic heterocycles. The lowest BCUT2D eigenvalue weighted by molar-refractivity contribution is -0.108. The average molecular weight is 548 g/mol. The number of halogens is 1. The first kappa shape index (κ1) is 27.9. The van der Waals surface area contributed by atoms with Gasteiger partial charge in [-0.05, 0) is 55.3 Å². The fourth-order valence-electron chi connectivity index (χ4n) is 4.48. The molecule has 0 radical (unpaired) electrons. The maximum atomic E-state index is 16.2. The molecule has 40 heavy (non-hydrogen) atoms. The summed E-state index contributed by atoms with van der Waals surface area (Å²) in [7, 11) is 3.04. The molecule has 1 unspecified atom stereocenters. The van der Waals surface area contributed by atoms with E-state index in [1.54, 1.807) is 55.6 Å². The molecule has 1 heterocycles. The van der Waals surface area contributed by atoms with Crippen LogP contribution in [-0.2, 0) is 11.2 Å². The number of carbonyl (C=O) groups excluding carboxylic acids is 2. The molecule has 1 atom stereocenters. The smallest absolute Gasteiger partial charge is 0.250 e. The minimum atomic E-state index is -1.04. The van der Waals surface area contributed by atoms with Crippen LogP contribution in [0.1, 0.15) is 39.5 Å². The van der Waals surface area contributed by atoms with Crippen molar-refractivity contribution in [3.63, 3.8) is 0 Å². The predicted octanol–water partition coefficient (Wildman–Crippen LogP) is 2.89. The van der Waals surface area contributed by atoms with E-state index >= 15 is 4.39 Å². The van der Waals surface area contributed by atoms with E-state index in [9.17, 15) is 9.59 Å². The summed E-state index contributed by atoms with van der Waals surface area (Å²) in [6.07, 6.45) is 1.49. The van der Waals surface area contributed by atoms with Crippen LogP contribution in [-0.4, -0.2) is 44.8 Å². The molecule has 0 saturated carbocycles. The number of nitrogen functional groups attached to an aromatic ring is 1. The van der Waals surface area contributed by atoms with Gasteiger partial charge in [-0.2, -0.15) is 5.10 Å². The van der Waals surface area contributed by atoms with Gasteiger partial charge in [-0.15, -0.1) is 0 Å². The molecule has 12 heteroatoms. The van der Waals surface area contributed by atoms with E-state index in [0.29, 0.717) is 59.9 Å². The molecule has 0 aliphatic carbocycles. The van der Waals surface area contributed by atoms with Gasteiger partial charge in [0, 0.05) is 29.4 Å². The van der Waals surface area contributed by atoms with Crippen molar-refractivity contribution in [3.05, 3.63) is 82.7 Å². The van der Waals surface area contributed by atoms with Crippen molar-refractivity contribution in [2.75, 3.05) is 31.1 Å². The van der Waals surface area contributed by atoms with E-state index in [4.69, 9.17) is 26.4 Å². The highest BCUT2D eigenvalue weighted by atomic mass is 19.1. The Hall–Kier alpha value is -5.13. The van der Waals surface area contributed by atoms with E-state index in [1.807, 2.05) is 0 Å². The average Bonchev–Trinajstić information content (AvgIpc) is 2.96. The zero-order valence-corrected chi connectivity index (χ0v) is 22.0. The zero-order valence-electron chi connectivity index (χ0n) is 22.0. The van der Waals surface area contributed by atoms with Gasteiger partial charge in [-0.1, -0.05) is 12.1 Å². The van der Waals surface area contributed by atoms with Gasteiger partial charge in [0.05, 0.1) is 25.0 Å². The number of benzene rings is 3. The zero-order chi connectivity index (χ0) is 28.8. The number of carbonyl (C=O) groups is 2. The van der Waals surface area contributed by atoms with Gasteiger partial charge in [0.2, 0.25) is 6.41 Å². The Balaban J connectivity index is 1.88. The Morgan fingerprint density at radius 2 is 1.95 bits per heavy atom. The third-order valence-corrected chi connectivity index (χ3v) is 6.41. The number of ether oxygens (including phenoxy) is 2. The summed E-state index contributed by atoms with van der Waals surface area (Å²) in [6, 6.07) is 13.6. The van der Waals surface area contributed by atoms with E-state index in [-0.39, 0.29) is 22.8 Å². The molecule has 3 aromatic rings. The Morgan fingerprint density at radius 1 is 1.23 bits per heavy atom. The first-order valence-corrected chi connectivity index (χ1v) is 12.4. The third-order valence-electron chi connectivity index (χ3n) is 6.41. The summed E-state index contributed by atoms with van der Waals surface area (Å²) in [4.78, 5) is 23.8. The van der Waals surface area contributed by atoms with Crippen LogP contribution in [0.3, 0.4) is 0 Å². The fraction of sp³-hybridized carbons (Fsp3) is 0.214. The van der Waals surface area contributed by atoms with Crippen molar-refractivity contribution in [2.24, 2.45) is 16.6 Å². The van der Waals surface area contributed by atoms with Crippen molar-refractivity contribution in [1.29, 1.82) is 5.41 Å². The Labute approximate surface area is 230 Å². The molecule has 0 aromatic heterocycles. The molecule has 4 rings (SSSR count). The number of anilines is 2. The summed E-state index contributed by atoms with van der Waals surface area (Å²) in [5, 5.41) is 19.4. The maximum Gasteiger partial charge on any atom is 0.250 e. The maximum absolute atomic E-state index is 16.2. The second-order valence-corrected chi connectivity index (χ2v) is 8.96. The van der Waals surface area contributed by atoms with Crippen LogP contribution in [0.5, 0.6) is 11.5 Å². The predicted molar refractivity (Wildman–Crippen MR) is 151 cm³/mol. The number of hydrogen-bond acceptors (Lipinski definition) is 8. The summed E-state index contributed by atoms with van der Waals surface area (Å²) in [6.45, 7) is 0.440. The summed E-state index contributed by atoms with van der Waals surface area (Å²) < 4.78 is 27.4. The number of nitrogens with zero attached hydrogens (tertiary/aromatic N) is 2. The second-order valence-electron chi connectivity index (χ2n) is 8.96. The Morgan fingerprint density at radius 3 is 2.60 bits per heavy atom. The quantitative estimate of drug-likeness (QED) is 0.113. The number of hydrazone groups is 1. The summed E-state index contributed by atoms with van der Waals surface area (Å²) >= 11 is 0. The highest BCUT2D eigenvalue weighted by molar-refractivity contribution is 6.00. The lowest BCUT2D eigenvalue weighted by Crippen LogP contribution is -2.36. The molecule has 0 saturated heterocycles. The van der Waals surface area contributed by atoms with Gasteiger partial charge >= 0.3 is 0 Å². The normalized spacial score (nSPS) is 13.3. The van der Waals surface area contributed by atoms with Crippen LogP contribution >= 0.6 is 0 Å². The molecule has 7 N–H and O–H groups in total. The molecular formula is C28H30FN7O4. The molecule has 3 aromatic carbocycles. The second kappa shape index (κ2) is 12.2. The third kappa shape index (κ3) is 5.80. The molecule has 1 aliphatic rings. The molecule has 0 spiro atoms. The van der Waals surface area contributed by atoms with Gasteiger partial charge in [0.15, 0.2) is 17.3 Å². The number of hydrogen-bond donors (Lipinski definition) is 5. The summed E-state index contributed by atoms with van der Waals surface area (Å²) in [5.41, 5.74) is 13.3. The van der Waals surface area contributed by atoms with E-state index < -0.39 is 17.8 Å². The van der Waals surface area contributed by atoms with Crippen molar-refractivity contribution in [1.82, 2.24) is 5.32 Å². The Kier molecular flexibility index (Phi) is 8.48. The standard InChI is InChI=1S/C28H30FN7O4/c1-36(21-8-4-3-6-18(21)27(32)38)35-28(33-15-37)24(34-17-11-9-16(10-12-17)26(30)31)20-14-22(39-2)25-19(23(20)29)7-5-13-40-25/h3-4,6,8-12,14-15,24,34H,5,7,13H2,1-2H3,(H3,30,31)(H2,32,38)(H,33,35,37). The molecular weight excluding hydrogens is 517 g/mol. The first-order chi connectivity index (χ1) is 19.2. The van der Waals surface area contributed by atoms with Crippen molar-refractivity contribution in [3.8, 4) is 11.5 Å². The van der Waals surface area contributed by atoms with Crippen LogP contribution in [0, 0.1) is 11.2 Å². The van der Waals surface area contributed by atoms with Gasteiger partial charge in [-0.25, -0.2) is 4.39 Å². The van der Waals surface area contributed by atoms with Crippen LogP contribution in [0.2, 0.25) is 0 Å². The molecule has 0 fully saturated rings. The highest BCUT2D eigenvalue weighted by Gasteiger charge is 2.30. The SMILES string of the molecule is COc1cc(C(Nc2ccc(C(=N)N)cc2)/C(=N/N(C)c2ccccc2C(N)=O)NC=O)c(F)c2c1OCCC2. The molecule has 2 amide bonds. The summed E-state index contributed by atoms with van der Waals surface area (Å²) in [5.74, 6) is -0.600. The van der Waals surface area contributed by atoms with Crippen molar-refractivity contribution >= 4 is 35.4 Å². The number of nitrogens with one attached hydrogen (secondary N) is 3. The van der Waals surface area contributed by atoms with E-state index in [2.05, 4.69) is 15.7 Å². The first-order valence-electron chi connectivity index (χ1n) is 12.4. The lowest BCUT2D eigenvalue weighted by atomic mass is 9.96. The number of amidine groups is 2. The van der Waals surface area contributed by atoms with Gasteiger partial charge in [0.1, 0.15) is 17.7 Å². The van der Waals surface area contributed by atoms with Crippen molar-refractivity contribution < 1.29 is 23.5 Å². The monoisotopic (exact) mass is 547 g/mol. The van der Waals surface area contributed by atoms with E-state index in [1.165, 1.54) is 18.2 Å². The van der Waals surface area contributed by atoms with Gasteiger partial charge in [0.25, 0.3) is 5.91 Å². The largest absolute Gasteiger partial charge is 0.493 e. The van der Waals surface area contributed by atoms with Gasteiger partial charge < -0.3 is 31.6 Å². The minimum absolute atomic E-state index is 0.0186. The number of para-hydroxylation sites is 1. The number of fused-ring (bicyclic) bond motifs is 1. The van der Waals surface area contributed by atoms with Gasteiger partial charge in [-0.3, -0.25) is 20.0 Å². The number of rotatable bonds is 10. The minimum Gasteiger partial charge on any atom is -0.493 e. The molecule has 0 bridgehead atoms.